The number of likely N-dealkylation sites (tertiary alicyclic amines) is 1. The Balaban J connectivity index is 2.29. The molecule has 0 bridgehead atoms. The zero-order valence-electron chi connectivity index (χ0n) is 13.8. The fraction of sp³-hybridized carbons (Fsp3) is 0.812. The Kier molecular flexibility index (Phi) is 5.69. The van der Waals surface area contributed by atoms with Gasteiger partial charge in [0.1, 0.15) is 0 Å². The summed E-state index contributed by atoms with van der Waals surface area (Å²) in [4.78, 5) is 2.60. The van der Waals surface area contributed by atoms with Gasteiger partial charge < -0.3 is 5.32 Å². The first-order valence-corrected chi connectivity index (χ1v) is 8.52. The molecule has 0 radical (unpaired) electrons. The maximum atomic E-state index is 6.42. The Morgan fingerprint density at radius 1 is 1.33 bits per heavy atom. The average Bonchev–Trinajstić information content (AvgIpc) is 2.80. The first kappa shape index (κ1) is 16.8. The lowest BCUT2D eigenvalue weighted by molar-refractivity contribution is 0.0582. The number of halogens is 1. The van der Waals surface area contributed by atoms with E-state index in [0.29, 0.717) is 0 Å². The van der Waals surface area contributed by atoms with Crippen molar-refractivity contribution in [2.75, 3.05) is 19.6 Å². The fourth-order valence-electron chi connectivity index (χ4n) is 3.37. The minimum atomic E-state index is 0.0209. The highest BCUT2D eigenvalue weighted by Gasteiger charge is 2.39. The second kappa shape index (κ2) is 7.12. The Hall–Kier alpha value is -0.580. The standard InChI is InChI=1S/C16H29ClN4/c1-5-9-18-15(14-13(17)12-19-20(14)4)16(2,3)21-10-7-6-8-11-21/h12,15,18H,5-11H2,1-4H3. The van der Waals surface area contributed by atoms with Crippen LogP contribution in [0.5, 0.6) is 0 Å². The van der Waals surface area contributed by atoms with Gasteiger partial charge in [-0.2, -0.15) is 5.10 Å². The zero-order valence-corrected chi connectivity index (χ0v) is 14.6. The minimum Gasteiger partial charge on any atom is -0.307 e. The molecule has 2 heterocycles. The van der Waals surface area contributed by atoms with E-state index in [0.717, 1.165) is 23.7 Å². The lowest BCUT2D eigenvalue weighted by atomic mass is 9.87. The van der Waals surface area contributed by atoms with Gasteiger partial charge in [0.25, 0.3) is 0 Å². The molecule has 4 nitrogen and oxygen atoms in total. The van der Waals surface area contributed by atoms with E-state index in [2.05, 4.69) is 36.1 Å². The summed E-state index contributed by atoms with van der Waals surface area (Å²) in [5.41, 5.74) is 1.12. The first-order chi connectivity index (χ1) is 9.98. The Bertz CT molecular complexity index is 430. The van der Waals surface area contributed by atoms with Crippen LogP contribution in [0.3, 0.4) is 0 Å². The van der Waals surface area contributed by atoms with Crippen molar-refractivity contribution in [3.63, 3.8) is 0 Å². The van der Waals surface area contributed by atoms with Crippen LogP contribution in [-0.4, -0.2) is 39.9 Å². The van der Waals surface area contributed by atoms with E-state index in [1.165, 1.54) is 32.4 Å². The van der Waals surface area contributed by atoms with Gasteiger partial charge >= 0.3 is 0 Å². The summed E-state index contributed by atoms with van der Waals surface area (Å²) in [7, 11) is 1.98. The molecule has 2 rings (SSSR count). The fourth-order valence-corrected chi connectivity index (χ4v) is 3.64. The third kappa shape index (κ3) is 3.61. The van der Waals surface area contributed by atoms with Gasteiger partial charge in [-0.15, -0.1) is 0 Å². The molecule has 1 aromatic heterocycles. The number of hydrogen-bond acceptors (Lipinski definition) is 3. The van der Waals surface area contributed by atoms with Gasteiger partial charge in [0, 0.05) is 12.6 Å². The molecule has 0 saturated carbocycles. The number of rotatable bonds is 6. The predicted molar refractivity (Wildman–Crippen MR) is 88.8 cm³/mol. The topological polar surface area (TPSA) is 33.1 Å². The summed E-state index contributed by atoms with van der Waals surface area (Å²) in [5, 5.41) is 8.79. The highest BCUT2D eigenvalue weighted by molar-refractivity contribution is 6.31. The number of aromatic nitrogens is 2. The van der Waals surface area contributed by atoms with E-state index in [4.69, 9.17) is 11.6 Å². The van der Waals surface area contributed by atoms with Crippen LogP contribution in [0, 0.1) is 0 Å². The van der Waals surface area contributed by atoms with Crippen LogP contribution in [0.4, 0.5) is 0 Å². The van der Waals surface area contributed by atoms with Crippen LogP contribution < -0.4 is 5.32 Å². The van der Waals surface area contributed by atoms with Crippen molar-refractivity contribution < 1.29 is 0 Å². The zero-order chi connectivity index (χ0) is 15.5. The van der Waals surface area contributed by atoms with Crippen molar-refractivity contribution in [1.29, 1.82) is 0 Å². The number of hydrogen-bond donors (Lipinski definition) is 1. The van der Waals surface area contributed by atoms with Crippen molar-refractivity contribution in [3.8, 4) is 0 Å². The molecule has 1 aliphatic rings. The van der Waals surface area contributed by atoms with Crippen LogP contribution in [0.25, 0.3) is 0 Å². The second-order valence-electron chi connectivity index (χ2n) is 6.59. The van der Waals surface area contributed by atoms with E-state index < -0.39 is 0 Å². The van der Waals surface area contributed by atoms with Crippen LogP contribution in [0.2, 0.25) is 5.02 Å². The van der Waals surface area contributed by atoms with Crippen LogP contribution in [0.1, 0.15) is 58.2 Å². The lowest BCUT2D eigenvalue weighted by Crippen LogP contribution is -2.55. The molecule has 1 unspecified atom stereocenters. The van der Waals surface area contributed by atoms with Crippen molar-refractivity contribution >= 4 is 11.6 Å². The molecule has 1 aromatic rings. The third-order valence-electron chi connectivity index (χ3n) is 4.69. The summed E-state index contributed by atoms with van der Waals surface area (Å²) in [6, 6.07) is 0.190. The van der Waals surface area contributed by atoms with E-state index in [9.17, 15) is 0 Å². The molecule has 1 atom stereocenters. The average molecular weight is 313 g/mol. The van der Waals surface area contributed by atoms with Crippen LogP contribution in [0.15, 0.2) is 6.20 Å². The molecule has 1 aliphatic heterocycles. The van der Waals surface area contributed by atoms with Gasteiger partial charge in [-0.25, -0.2) is 0 Å². The number of piperidine rings is 1. The van der Waals surface area contributed by atoms with Gasteiger partial charge in [0.15, 0.2) is 0 Å². The summed E-state index contributed by atoms with van der Waals surface area (Å²) in [5.74, 6) is 0. The summed E-state index contributed by atoms with van der Waals surface area (Å²) < 4.78 is 1.92. The van der Waals surface area contributed by atoms with Crippen molar-refractivity contribution in [2.45, 2.75) is 58.0 Å². The van der Waals surface area contributed by atoms with Gasteiger partial charge in [-0.3, -0.25) is 9.58 Å². The Morgan fingerprint density at radius 3 is 2.52 bits per heavy atom. The molecule has 0 aromatic carbocycles. The van der Waals surface area contributed by atoms with E-state index >= 15 is 0 Å². The smallest absolute Gasteiger partial charge is 0.0834 e. The van der Waals surface area contributed by atoms with Crippen molar-refractivity contribution in [3.05, 3.63) is 16.9 Å². The Morgan fingerprint density at radius 2 is 2.00 bits per heavy atom. The van der Waals surface area contributed by atoms with Crippen molar-refractivity contribution in [1.82, 2.24) is 20.0 Å². The quantitative estimate of drug-likeness (QED) is 0.874. The van der Waals surface area contributed by atoms with E-state index in [1.54, 1.807) is 6.20 Å². The SMILES string of the molecule is CCCNC(c1c(Cl)cnn1C)C(C)(C)N1CCCCC1. The second-order valence-corrected chi connectivity index (χ2v) is 7.00. The Labute approximate surface area is 133 Å². The highest BCUT2D eigenvalue weighted by atomic mass is 35.5. The molecule has 21 heavy (non-hydrogen) atoms. The van der Waals surface area contributed by atoms with E-state index in [1.807, 2.05) is 11.7 Å². The minimum absolute atomic E-state index is 0.0209. The monoisotopic (exact) mass is 312 g/mol. The van der Waals surface area contributed by atoms with Crippen molar-refractivity contribution in [2.24, 2.45) is 7.05 Å². The molecule has 0 spiro atoms. The summed E-state index contributed by atoms with van der Waals surface area (Å²) in [6.07, 6.45) is 6.81. The number of aryl methyl sites for hydroxylation is 1. The third-order valence-corrected chi connectivity index (χ3v) is 4.98. The molecule has 120 valence electrons. The molecule has 1 fully saturated rings. The van der Waals surface area contributed by atoms with Gasteiger partial charge in [0.2, 0.25) is 0 Å². The first-order valence-electron chi connectivity index (χ1n) is 8.14. The maximum absolute atomic E-state index is 6.42. The van der Waals surface area contributed by atoms with Gasteiger partial charge in [-0.1, -0.05) is 24.9 Å². The van der Waals surface area contributed by atoms with Gasteiger partial charge in [-0.05, 0) is 52.7 Å². The lowest BCUT2D eigenvalue weighted by Gasteiger charge is -2.46. The molecule has 1 saturated heterocycles. The largest absolute Gasteiger partial charge is 0.307 e. The molecular weight excluding hydrogens is 284 g/mol. The maximum Gasteiger partial charge on any atom is 0.0834 e. The molecule has 0 aliphatic carbocycles. The molecule has 1 N–H and O–H groups in total. The normalized spacial score (nSPS) is 18.9. The number of nitrogens with one attached hydrogen (secondary N) is 1. The molecule has 5 heteroatoms. The molecular formula is C16H29ClN4. The number of nitrogens with zero attached hydrogens (tertiary/aromatic N) is 3. The van der Waals surface area contributed by atoms with Crippen LogP contribution in [-0.2, 0) is 7.05 Å². The highest BCUT2D eigenvalue weighted by Crippen LogP contribution is 2.35. The van der Waals surface area contributed by atoms with Crippen LogP contribution >= 0.6 is 11.6 Å². The summed E-state index contributed by atoms with van der Waals surface area (Å²) in [6.45, 7) is 10.2. The predicted octanol–water partition coefficient (Wildman–Crippen LogP) is 3.38. The molecule has 0 amide bonds. The summed E-state index contributed by atoms with van der Waals surface area (Å²) >= 11 is 6.42. The van der Waals surface area contributed by atoms with E-state index in [-0.39, 0.29) is 11.6 Å². The van der Waals surface area contributed by atoms with Gasteiger partial charge in [0.05, 0.1) is 23.0 Å².